The van der Waals surface area contributed by atoms with Crippen molar-refractivity contribution in [2.24, 2.45) is 0 Å². The summed E-state index contributed by atoms with van der Waals surface area (Å²) in [5, 5.41) is 0.480. The van der Waals surface area contributed by atoms with E-state index in [2.05, 4.69) is 4.98 Å². The minimum atomic E-state index is -0.457. The van der Waals surface area contributed by atoms with Gasteiger partial charge in [-0.2, -0.15) is 0 Å². The molecule has 0 radical (unpaired) electrons. The van der Waals surface area contributed by atoms with E-state index in [4.69, 9.17) is 4.74 Å². The Morgan fingerprint density at radius 1 is 0.967 bits per heavy atom. The molecule has 0 unspecified atom stereocenters. The highest BCUT2D eigenvalue weighted by atomic mass is 19.1. The Morgan fingerprint density at radius 3 is 2.37 bits per heavy atom. The molecule has 5 nitrogen and oxygen atoms in total. The molecule has 0 fully saturated rings. The summed E-state index contributed by atoms with van der Waals surface area (Å²) in [6, 6.07) is 19.6. The molecule has 4 rings (SSSR count). The van der Waals surface area contributed by atoms with Crippen LogP contribution in [0.3, 0.4) is 0 Å². The van der Waals surface area contributed by atoms with Crippen LogP contribution in [0.2, 0.25) is 0 Å². The molecule has 6 heteroatoms. The molecule has 0 amide bonds. The molecule has 4 aromatic rings. The molecule has 0 N–H and O–H groups in total. The number of carbonyl (C=O) groups is 1. The van der Waals surface area contributed by atoms with E-state index in [0.29, 0.717) is 28.0 Å². The standard InChI is InChI=1S/C24H17FN2O3/c1-30-24(29)17-9-13-19(14-10-17)27-22(15-8-16-6-11-18(25)12-7-16)26-21-5-3-2-4-20(21)23(27)28/h2-15H,1H3/b15-8-. The summed E-state index contributed by atoms with van der Waals surface area (Å²) in [4.78, 5) is 29.6. The number of ether oxygens (including phenoxy) is 1. The molecule has 0 saturated carbocycles. The van der Waals surface area contributed by atoms with Gasteiger partial charge in [-0.15, -0.1) is 0 Å². The first kappa shape index (κ1) is 19.3. The third-order valence-corrected chi connectivity index (χ3v) is 4.64. The van der Waals surface area contributed by atoms with Gasteiger partial charge >= 0.3 is 5.97 Å². The lowest BCUT2D eigenvalue weighted by atomic mass is 10.1. The molecular weight excluding hydrogens is 383 g/mol. The molecule has 0 bridgehead atoms. The lowest BCUT2D eigenvalue weighted by molar-refractivity contribution is 0.0600. The Balaban J connectivity index is 1.87. The van der Waals surface area contributed by atoms with Gasteiger partial charge in [-0.05, 0) is 60.2 Å². The number of aromatic nitrogens is 2. The summed E-state index contributed by atoms with van der Waals surface area (Å²) < 4.78 is 19.4. The maximum atomic E-state index is 13.2. The highest BCUT2D eigenvalue weighted by Crippen LogP contribution is 2.16. The van der Waals surface area contributed by atoms with Crippen molar-refractivity contribution in [1.29, 1.82) is 0 Å². The van der Waals surface area contributed by atoms with Crippen LogP contribution in [0.4, 0.5) is 4.39 Å². The molecule has 0 spiro atoms. The first-order chi connectivity index (χ1) is 14.6. The number of esters is 1. The van der Waals surface area contributed by atoms with Crippen molar-refractivity contribution >= 4 is 29.0 Å². The van der Waals surface area contributed by atoms with Crippen LogP contribution in [-0.2, 0) is 4.74 Å². The molecule has 0 aliphatic heterocycles. The zero-order chi connectivity index (χ0) is 21.1. The Hall–Kier alpha value is -4.06. The van der Waals surface area contributed by atoms with Crippen LogP contribution in [0.5, 0.6) is 0 Å². The van der Waals surface area contributed by atoms with Gasteiger partial charge in [0, 0.05) is 0 Å². The summed E-state index contributed by atoms with van der Waals surface area (Å²) in [5.41, 5.74) is 2.05. The molecule has 0 saturated heterocycles. The summed E-state index contributed by atoms with van der Waals surface area (Å²) in [5.74, 6) is -0.366. The number of hydrogen-bond acceptors (Lipinski definition) is 4. The minimum absolute atomic E-state index is 0.231. The van der Waals surface area contributed by atoms with E-state index in [-0.39, 0.29) is 11.4 Å². The highest BCUT2D eigenvalue weighted by Gasteiger charge is 2.12. The number of carbonyl (C=O) groups excluding carboxylic acids is 1. The molecule has 1 aromatic heterocycles. The van der Waals surface area contributed by atoms with Gasteiger partial charge in [0.15, 0.2) is 0 Å². The van der Waals surface area contributed by atoms with Crippen LogP contribution < -0.4 is 5.56 Å². The van der Waals surface area contributed by atoms with E-state index in [1.807, 2.05) is 6.07 Å². The SMILES string of the molecule is COC(=O)c1ccc(-n2c(/C=C\c3ccc(F)cc3)nc3ccccc3c2=O)cc1. The molecule has 148 valence electrons. The van der Waals surface area contributed by atoms with E-state index >= 15 is 0 Å². The number of hydrogen-bond donors (Lipinski definition) is 0. The molecule has 0 atom stereocenters. The Kier molecular flexibility index (Phi) is 5.22. The Bertz CT molecular complexity index is 1310. The van der Waals surface area contributed by atoms with Gasteiger partial charge in [0.1, 0.15) is 11.6 Å². The Labute approximate surface area is 171 Å². The third kappa shape index (κ3) is 3.75. The van der Waals surface area contributed by atoms with Gasteiger partial charge < -0.3 is 4.74 Å². The molecule has 0 aliphatic rings. The van der Waals surface area contributed by atoms with Crippen molar-refractivity contribution in [3.05, 3.63) is 106 Å². The first-order valence-electron chi connectivity index (χ1n) is 9.21. The van der Waals surface area contributed by atoms with E-state index in [1.165, 1.54) is 23.8 Å². The van der Waals surface area contributed by atoms with Crippen molar-refractivity contribution in [2.45, 2.75) is 0 Å². The average molecular weight is 400 g/mol. The van der Waals surface area contributed by atoms with E-state index in [0.717, 1.165) is 5.56 Å². The van der Waals surface area contributed by atoms with Gasteiger partial charge in [0.05, 0.1) is 29.3 Å². The fourth-order valence-corrected chi connectivity index (χ4v) is 3.12. The van der Waals surface area contributed by atoms with Gasteiger partial charge in [-0.25, -0.2) is 14.2 Å². The van der Waals surface area contributed by atoms with Gasteiger partial charge in [0.25, 0.3) is 5.56 Å². The maximum Gasteiger partial charge on any atom is 0.337 e. The van der Waals surface area contributed by atoms with Crippen molar-refractivity contribution in [3.8, 4) is 5.69 Å². The Morgan fingerprint density at radius 2 is 1.67 bits per heavy atom. The summed E-state index contributed by atoms with van der Waals surface area (Å²) in [7, 11) is 1.31. The van der Waals surface area contributed by atoms with Crippen LogP contribution in [0.25, 0.3) is 28.7 Å². The normalized spacial score (nSPS) is 11.1. The fraction of sp³-hybridized carbons (Fsp3) is 0.0417. The lowest BCUT2D eigenvalue weighted by Crippen LogP contribution is -2.22. The summed E-state index contributed by atoms with van der Waals surface area (Å²) in [6.07, 6.45) is 3.46. The monoisotopic (exact) mass is 400 g/mol. The number of benzene rings is 3. The number of halogens is 1. The third-order valence-electron chi connectivity index (χ3n) is 4.64. The minimum Gasteiger partial charge on any atom is -0.465 e. The van der Waals surface area contributed by atoms with Crippen LogP contribution in [0, 0.1) is 5.82 Å². The van der Waals surface area contributed by atoms with E-state index in [9.17, 15) is 14.0 Å². The quantitative estimate of drug-likeness (QED) is 0.474. The van der Waals surface area contributed by atoms with Crippen LogP contribution in [0.15, 0.2) is 77.6 Å². The van der Waals surface area contributed by atoms with Crippen molar-refractivity contribution in [2.75, 3.05) is 7.11 Å². The second-order valence-electron chi connectivity index (χ2n) is 6.55. The topological polar surface area (TPSA) is 61.2 Å². The van der Waals surface area contributed by atoms with Crippen molar-refractivity contribution < 1.29 is 13.9 Å². The average Bonchev–Trinajstić information content (AvgIpc) is 2.78. The van der Waals surface area contributed by atoms with Crippen LogP contribution >= 0.6 is 0 Å². The number of nitrogens with zero attached hydrogens (tertiary/aromatic N) is 2. The number of para-hydroxylation sites is 1. The lowest BCUT2D eigenvalue weighted by Gasteiger charge is -2.12. The molecule has 0 aliphatic carbocycles. The van der Waals surface area contributed by atoms with Crippen LogP contribution in [0.1, 0.15) is 21.7 Å². The van der Waals surface area contributed by atoms with Gasteiger partial charge in [-0.3, -0.25) is 9.36 Å². The predicted molar refractivity (Wildman–Crippen MR) is 114 cm³/mol. The molecule has 30 heavy (non-hydrogen) atoms. The highest BCUT2D eigenvalue weighted by molar-refractivity contribution is 5.89. The number of rotatable bonds is 4. The van der Waals surface area contributed by atoms with Crippen molar-refractivity contribution in [3.63, 3.8) is 0 Å². The van der Waals surface area contributed by atoms with Gasteiger partial charge in [0.2, 0.25) is 0 Å². The fourth-order valence-electron chi connectivity index (χ4n) is 3.12. The second kappa shape index (κ2) is 8.13. The van der Waals surface area contributed by atoms with Gasteiger partial charge in [-0.1, -0.05) is 30.3 Å². The zero-order valence-electron chi connectivity index (χ0n) is 16.1. The summed E-state index contributed by atoms with van der Waals surface area (Å²) in [6.45, 7) is 0. The zero-order valence-corrected chi connectivity index (χ0v) is 16.1. The van der Waals surface area contributed by atoms with E-state index in [1.54, 1.807) is 66.7 Å². The molecular formula is C24H17FN2O3. The molecule has 3 aromatic carbocycles. The number of fused-ring (bicyclic) bond motifs is 1. The second-order valence-corrected chi connectivity index (χ2v) is 6.55. The maximum absolute atomic E-state index is 13.2. The van der Waals surface area contributed by atoms with Crippen molar-refractivity contribution in [1.82, 2.24) is 9.55 Å². The van der Waals surface area contributed by atoms with E-state index < -0.39 is 5.97 Å². The largest absolute Gasteiger partial charge is 0.465 e. The molecule has 1 heterocycles. The smallest absolute Gasteiger partial charge is 0.337 e. The first-order valence-corrected chi connectivity index (χ1v) is 9.21. The number of methoxy groups -OCH3 is 1. The predicted octanol–water partition coefficient (Wildman–Crippen LogP) is 4.48. The summed E-state index contributed by atoms with van der Waals surface area (Å²) >= 11 is 0. The van der Waals surface area contributed by atoms with Crippen LogP contribution in [-0.4, -0.2) is 22.6 Å².